The number of aromatic nitrogens is 2. The summed E-state index contributed by atoms with van der Waals surface area (Å²) in [7, 11) is 0. The van der Waals surface area contributed by atoms with E-state index < -0.39 is 11.5 Å². The van der Waals surface area contributed by atoms with Crippen LogP contribution >= 0.6 is 0 Å². The SMILES string of the molecule is CCOC(=O)Cc1oc2c(c3ccnc(=O)c1-3)c(=O)n(-c1ccccc1)c1ccccc21. The number of fused-ring (bicyclic) bond motifs is 5. The quantitative estimate of drug-likeness (QED) is 0.321. The predicted molar refractivity (Wildman–Crippen MR) is 120 cm³/mol. The van der Waals surface area contributed by atoms with Gasteiger partial charge in [0.05, 0.1) is 23.1 Å². The Kier molecular flexibility index (Phi) is 4.78. The van der Waals surface area contributed by atoms with E-state index in [1.165, 1.54) is 6.20 Å². The molecule has 0 atom stereocenters. The number of carbonyl (C=O) groups is 1. The maximum Gasteiger partial charge on any atom is 0.313 e. The first-order valence-corrected chi connectivity index (χ1v) is 10.2. The molecule has 3 aromatic rings. The van der Waals surface area contributed by atoms with Crippen molar-refractivity contribution in [3.63, 3.8) is 0 Å². The van der Waals surface area contributed by atoms with Gasteiger partial charge in [-0.1, -0.05) is 30.3 Å². The van der Waals surface area contributed by atoms with Crippen LogP contribution in [0.1, 0.15) is 12.7 Å². The fourth-order valence-electron chi connectivity index (χ4n) is 4.05. The van der Waals surface area contributed by atoms with Crippen LogP contribution in [0, 0.1) is 0 Å². The van der Waals surface area contributed by atoms with Gasteiger partial charge < -0.3 is 9.15 Å². The highest BCUT2D eigenvalue weighted by atomic mass is 16.5. The molecule has 0 spiro atoms. The lowest BCUT2D eigenvalue weighted by Crippen LogP contribution is -2.22. The third-order valence-corrected chi connectivity index (χ3v) is 5.35. The standard InChI is InChI=1S/C25H18N2O5/c1-2-31-20(28)14-19-21-17(12-13-26-24(21)29)22-23(32-19)16-10-6-7-11-18(16)27(25(22)30)15-8-4-3-5-9-15/h3-13H,2,14H2,1H3. The fourth-order valence-corrected chi connectivity index (χ4v) is 4.05. The molecule has 0 saturated carbocycles. The summed E-state index contributed by atoms with van der Waals surface area (Å²) in [5, 5.41) is 0.942. The second-order valence-electron chi connectivity index (χ2n) is 7.24. The van der Waals surface area contributed by atoms with Gasteiger partial charge in [0.1, 0.15) is 17.8 Å². The molecule has 7 nitrogen and oxygen atoms in total. The van der Waals surface area contributed by atoms with Crippen molar-refractivity contribution in [2.24, 2.45) is 0 Å². The maximum absolute atomic E-state index is 13.8. The van der Waals surface area contributed by atoms with E-state index in [2.05, 4.69) is 4.98 Å². The van der Waals surface area contributed by atoms with E-state index in [-0.39, 0.29) is 35.3 Å². The lowest BCUT2D eigenvalue weighted by molar-refractivity contribution is -0.142. The largest absolute Gasteiger partial charge is 0.466 e. The molecule has 0 aliphatic carbocycles. The summed E-state index contributed by atoms with van der Waals surface area (Å²) in [6.45, 7) is 1.91. The topological polar surface area (TPSA) is 91.4 Å². The molecule has 2 aromatic carbocycles. The van der Waals surface area contributed by atoms with E-state index >= 15 is 0 Å². The monoisotopic (exact) mass is 426 g/mol. The Balaban J connectivity index is 1.97. The van der Waals surface area contributed by atoms with Crippen LogP contribution in [0.5, 0.6) is 0 Å². The van der Waals surface area contributed by atoms with Crippen LogP contribution < -0.4 is 11.1 Å². The first-order valence-electron chi connectivity index (χ1n) is 10.2. The predicted octanol–water partition coefficient (Wildman–Crippen LogP) is 3.70. The van der Waals surface area contributed by atoms with Gasteiger partial charge in [-0.3, -0.25) is 19.0 Å². The highest BCUT2D eigenvalue weighted by Gasteiger charge is 2.26. The van der Waals surface area contributed by atoms with Gasteiger partial charge in [0.2, 0.25) is 0 Å². The summed E-state index contributed by atoms with van der Waals surface area (Å²) in [5.74, 6) is -0.395. The van der Waals surface area contributed by atoms with E-state index in [4.69, 9.17) is 9.15 Å². The summed E-state index contributed by atoms with van der Waals surface area (Å²) in [4.78, 5) is 42.5. The zero-order valence-corrected chi connectivity index (χ0v) is 17.2. The Morgan fingerprint density at radius 3 is 2.56 bits per heavy atom. The highest BCUT2D eigenvalue weighted by Crippen LogP contribution is 2.34. The number of carbonyl (C=O) groups excluding carboxylic acids is 1. The second-order valence-corrected chi connectivity index (χ2v) is 7.24. The zero-order chi connectivity index (χ0) is 22.2. The molecule has 7 heteroatoms. The minimum Gasteiger partial charge on any atom is -0.466 e. The van der Waals surface area contributed by atoms with Crippen molar-refractivity contribution in [2.75, 3.05) is 6.61 Å². The first-order chi connectivity index (χ1) is 15.6. The molecule has 158 valence electrons. The van der Waals surface area contributed by atoms with Crippen molar-refractivity contribution in [3.8, 4) is 16.8 Å². The van der Waals surface area contributed by atoms with Crippen molar-refractivity contribution in [2.45, 2.75) is 13.3 Å². The van der Waals surface area contributed by atoms with E-state index in [1.54, 1.807) is 17.6 Å². The molecule has 0 fully saturated rings. The Morgan fingerprint density at radius 1 is 1.03 bits per heavy atom. The van der Waals surface area contributed by atoms with Crippen molar-refractivity contribution in [1.29, 1.82) is 0 Å². The van der Waals surface area contributed by atoms with Crippen molar-refractivity contribution >= 4 is 27.8 Å². The number of hydrogen-bond acceptors (Lipinski definition) is 6. The third-order valence-electron chi connectivity index (χ3n) is 5.35. The molecule has 5 rings (SSSR count). The van der Waals surface area contributed by atoms with E-state index in [0.29, 0.717) is 27.7 Å². The van der Waals surface area contributed by atoms with Crippen molar-refractivity contribution < 1.29 is 13.9 Å². The maximum atomic E-state index is 13.8. The van der Waals surface area contributed by atoms with E-state index in [0.717, 1.165) is 0 Å². The molecule has 2 aliphatic heterocycles. The molecule has 0 radical (unpaired) electrons. The van der Waals surface area contributed by atoms with Crippen LogP contribution in [0.3, 0.4) is 0 Å². The number of pyridine rings is 2. The minimum absolute atomic E-state index is 0.111. The van der Waals surface area contributed by atoms with Crippen molar-refractivity contribution in [3.05, 3.63) is 93.3 Å². The smallest absolute Gasteiger partial charge is 0.313 e. The molecule has 0 N–H and O–H groups in total. The molecule has 0 saturated heterocycles. The van der Waals surface area contributed by atoms with E-state index in [9.17, 15) is 14.4 Å². The minimum atomic E-state index is -0.564. The number of esters is 1. The van der Waals surface area contributed by atoms with Gasteiger partial charge in [-0.05, 0) is 37.3 Å². The van der Waals surface area contributed by atoms with Crippen LogP contribution in [-0.4, -0.2) is 22.1 Å². The van der Waals surface area contributed by atoms with Gasteiger partial charge in [0.15, 0.2) is 0 Å². The second kappa shape index (κ2) is 7.77. The average molecular weight is 426 g/mol. The Morgan fingerprint density at radius 2 is 1.78 bits per heavy atom. The summed E-state index contributed by atoms with van der Waals surface area (Å²) >= 11 is 0. The van der Waals surface area contributed by atoms with Crippen LogP contribution in [0.15, 0.2) is 80.9 Å². The summed E-state index contributed by atoms with van der Waals surface area (Å²) in [6.07, 6.45) is 1.12. The number of benzene rings is 2. The van der Waals surface area contributed by atoms with E-state index in [1.807, 2.05) is 54.6 Å². The molecule has 0 bridgehead atoms. The van der Waals surface area contributed by atoms with Gasteiger partial charge in [-0.25, -0.2) is 4.98 Å². The van der Waals surface area contributed by atoms with Crippen molar-refractivity contribution in [1.82, 2.24) is 9.55 Å². The number of ether oxygens (including phenoxy) is 1. The zero-order valence-electron chi connectivity index (χ0n) is 17.2. The fraction of sp³-hybridized carbons (Fsp3) is 0.120. The Hall–Kier alpha value is -4.26. The van der Waals surface area contributed by atoms with Gasteiger partial charge >= 0.3 is 5.97 Å². The van der Waals surface area contributed by atoms with Crippen LogP contribution in [0.25, 0.3) is 38.7 Å². The summed E-state index contributed by atoms with van der Waals surface area (Å²) in [6, 6.07) is 18.2. The highest BCUT2D eigenvalue weighted by molar-refractivity contribution is 6.08. The number of rotatable bonds is 4. The Labute approximate surface area is 181 Å². The molecule has 32 heavy (non-hydrogen) atoms. The molecule has 0 unspecified atom stereocenters. The third kappa shape index (κ3) is 3.06. The van der Waals surface area contributed by atoms with Gasteiger partial charge in [0.25, 0.3) is 11.1 Å². The molecule has 1 aromatic heterocycles. The molecular weight excluding hydrogens is 408 g/mol. The normalized spacial score (nSPS) is 11.3. The van der Waals surface area contributed by atoms with Crippen LogP contribution in [0.4, 0.5) is 0 Å². The molecule has 0 amide bonds. The Bertz CT molecular complexity index is 1570. The first kappa shape index (κ1) is 19.7. The number of nitrogens with zero attached hydrogens (tertiary/aromatic N) is 2. The molecule has 2 aliphatic rings. The average Bonchev–Trinajstić information content (AvgIpc) is 2.80. The lowest BCUT2D eigenvalue weighted by atomic mass is 9.98. The van der Waals surface area contributed by atoms with Gasteiger partial charge in [0, 0.05) is 22.8 Å². The number of para-hydroxylation sites is 2. The lowest BCUT2D eigenvalue weighted by Gasteiger charge is -2.17. The van der Waals surface area contributed by atoms with Gasteiger partial charge in [-0.2, -0.15) is 0 Å². The number of hydrogen-bond donors (Lipinski definition) is 0. The summed E-state index contributed by atoms with van der Waals surface area (Å²) < 4.78 is 12.8. The van der Waals surface area contributed by atoms with Gasteiger partial charge in [-0.15, -0.1) is 0 Å². The molecular formula is C25H18N2O5. The van der Waals surface area contributed by atoms with Crippen LogP contribution in [0.2, 0.25) is 0 Å². The molecule has 3 heterocycles. The summed E-state index contributed by atoms with van der Waals surface area (Å²) in [5.41, 5.74) is 1.27. The van der Waals surface area contributed by atoms with Crippen LogP contribution in [-0.2, 0) is 16.0 Å².